The lowest BCUT2D eigenvalue weighted by Gasteiger charge is -2.02. The van der Waals surface area contributed by atoms with Crippen molar-refractivity contribution in [3.8, 4) is 0 Å². The summed E-state index contributed by atoms with van der Waals surface area (Å²) < 4.78 is 22.1. The number of hydrogen-bond acceptors (Lipinski definition) is 5. The van der Waals surface area contributed by atoms with Gasteiger partial charge in [-0.1, -0.05) is 0 Å². The van der Waals surface area contributed by atoms with Crippen LogP contribution in [0.3, 0.4) is 0 Å². The molecule has 0 unspecified atom stereocenters. The maximum Gasteiger partial charge on any atom is 0.240 e. The molecule has 0 aliphatic rings. The minimum Gasteiger partial charge on any atom is -0.309 e. The summed E-state index contributed by atoms with van der Waals surface area (Å²) in [6, 6.07) is 0. The van der Waals surface area contributed by atoms with Crippen molar-refractivity contribution in [2.45, 2.75) is 0 Å². The second-order valence-electron chi connectivity index (χ2n) is 2.84. The number of carbonyl (C=O) groups excluding carboxylic acids is 1. The normalized spacial score (nSPS) is 11.1. The first-order valence-electron chi connectivity index (χ1n) is 3.82. The molecule has 8 heteroatoms. The number of nitrogens with zero attached hydrogens (tertiary/aromatic N) is 2. The summed E-state index contributed by atoms with van der Waals surface area (Å²) in [6.07, 6.45) is 3.71. The molecular formula is C7H8BrN3O3S. The summed E-state index contributed by atoms with van der Waals surface area (Å²) in [4.78, 5) is 18.8. The maximum atomic E-state index is 11.1. The van der Waals surface area contributed by atoms with Crippen molar-refractivity contribution < 1.29 is 13.2 Å². The number of amides is 1. The Morgan fingerprint density at radius 1 is 1.47 bits per heavy atom. The van der Waals surface area contributed by atoms with Crippen molar-refractivity contribution in [3.05, 3.63) is 17.0 Å². The fraction of sp³-hybridized carbons (Fsp3) is 0.286. The van der Waals surface area contributed by atoms with Gasteiger partial charge >= 0.3 is 0 Å². The molecule has 6 nitrogen and oxygen atoms in total. The smallest absolute Gasteiger partial charge is 0.240 e. The number of hydrogen-bond donors (Lipinski definition) is 1. The van der Waals surface area contributed by atoms with E-state index in [-0.39, 0.29) is 5.82 Å². The Kier molecular flexibility index (Phi) is 3.75. The van der Waals surface area contributed by atoms with E-state index in [0.29, 0.717) is 4.60 Å². The molecule has 1 aromatic heterocycles. The van der Waals surface area contributed by atoms with Gasteiger partial charge < -0.3 is 5.32 Å². The third-order valence-corrected chi connectivity index (χ3v) is 2.48. The zero-order valence-corrected chi connectivity index (χ0v) is 10.2. The van der Waals surface area contributed by atoms with E-state index in [1.54, 1.807) is 0 Å². The van der Waals surface area contributed by atoms with Gasteiger partial charge in [-0.15, -0.1) is 0 Å². The van der Waals surface area contributed by atoms with E-state index in [2.05, 4.69) is 31.2 Å². The van der Waals surface area contributed by atoms with Gasteiger partial charge in [-0.25, -0.2) is 18.4 Å². The molecule has 0 aliphatic heterocycles. The topological polar surface area (TPSA) is 89.0 Å². The van der Waals surface area contributed by atoms with Crippen molar-refractivity contribution in [1.82, 2.24) is 9.97 Å². The Balaban J connectivity index is 2.63. The summed E-state index contributed by atoms with van der Waals surface area (Å²) in [5.41, 5.74) is 0. The number of aromatic nitrogens is 2. The first-order chi connectivity index (χ1) is 6.87. The van der Waals surface area contributed by atoms with Gasteiger partial charge in [0, 0.05) is 6.26 Å². The third-order valence-electron chi connectivity index (χ3n) is 1.28. The molecule has 1 N–H and O–H groups in total. The average molecular weight is 294 g/mol. The zero-order valence-electron chi connectivity index (χ0n) is 7.77. The minimum atomic E-state index is -3.32. The largest absolute Gasteiger partial charge is 0.309 e. The maximum absolute atomic E-state index is 11.1. The molecule has 82 valence electrons. The predicted octanol–water partition coefficient (Wildman–Crippen LogP) is 0.222. The van der Waals surface area contributed by atoms with Gasteiger partial charge in [0.25, 0.3) is 0 Å². The third kappa shape index (κ3) is 4.84. The number of nitrogens with one attached hydrogen (secondary N) is 1. The first kappa shape index (κ1) is 12.1. The predicted molar refractivity (Wildman–Crippen MR) is 58.1 cm³/mol. The molecule has 0 aromatic carbocycles. The van der Waals surface area contributed by atoms with E-state index in [9.17, 15) is 13.2 Å². The lowest BCUT2D eigenvalue weighted by Crippen LogP contribution is -2.22. The van der Waals surface area contributed by atoms with Crippen LogP contribution in [0, 0.1) is 0 Å². The van der Waals surface area contributed by atoms with Gasteiger partial charge in [-0.2, -0.15) is 0 Å². The molecule has 0 atom stereocenters. The van der Waals surface area contributed by atoms with E-state index in [0.717, 1.165) is 6.26 Å². The summed E-state index contributed by atoms with van der Waals surface area (Å²) in [5.74, 6) is -0.981. The fourth-order valence-corrected chi connectivity index (χ4v) is 1.55. The van der Waals surface area contributed by atoms with Gasteiger partial charge in [0.15, 0.2) is 15.7 Å². The number of halogens is 1. The van der Waals surface area contributed by atoms with Crippen LogP contribution in [0.5, 0.6) is 0 Å². The highest BCUT2D eigenvalue weighted by atomic mass is 79.9. The Hall–Kier alpha value is -1.02. The van der Waals surface area contributed by atoms with E-state index >= 15 is 0 Å². The van der Waals surface area contributed by atoms with Crippen LogP contribution in [0.25, 0.3) is 0 Å². The number of rotatable bonds is 3. The van der Waals surface area contributed by atoms with E-state index in [1.165, 1.54) is 12.4 Å². The summed E-state index contributed by atoms with van der Waals surface area (Å²) >= 11 is 3.08. The van der Waals surface area contributed by atoms with Crippen molar-refractivity contribution in [1.29, 1.82) is 0 Å². The van der Waals surface area contributed by atoms with Gasteiger partial charge in [0.05, 0.1) is 12.4 Å². The Bertz CT molecular complexity index is 457. The first-order valence-corrected chi connectivity index (χ1v) is 6.67. The van der Waals surface area contributed by atoms with Gasteiger partial charge in [0.2, 0.25) is 5.91 Å². The Labute approximate surface area is 95.2 Å². The summed E-state index contributed by atoms with van der Waals surface area (Å²) in [7, 11) is -3.32. The summed E-state index contributed by atoms with van der Waals surface area (Å²) in [6.45, 7) is 0. The molecule has 0 bridgehead atoms. The van der Waals surface area contributed by atoms with E-state index < -0.39 is 21.5 Å². The van der Waals surface area contributed by atoms with Crippen molar-refractivity contribution >= 4 is 37.5 Å². The van der Waals surface area contributed by atoms with Crippen LogP contribution in [0.4, 0.5) is 5.82 Å². The van der Waals surface area contributed by atoms with Crippen LogP contribution >= 0.6 is 15.9 Å². The monoisotopic (exact) mass is 293 g/mol. The number of carbonyl (C=O) groups is 1. The van der Waals surface area contributed by atoms with Gasteiger partial charge in [-0.05, 0) is 15.9 Å². The molecule has 1 aromatic rings. The Morgan fingerprint density at radius 3 is 2.60 bits per heavy atom. The highest BCUT2D eigenvalue weighted by Crippen LogP contribution is 2.05. The van der Waals surface area contributed by atoms with Crippen LogP contribution in [0.15, 0.2) is 17.0 Å². The molecule has 0 radical (unpaired) electrons. The minimum absolute atomic E-state index is 0.215. The lowest BCUT2D eigenvalue weighted by molar-refractivity contribution is -0.113. The van der Waals surface area contributed by atoms with E-state index in [1.807, 2.05) is 0 Å². The van der Waals surface area contributed by atoms with Crippen LogP contribution in [0.2, 0.25) is 0 Å². The molecule has 0 aliphatic carbocycles. The quantitative estimate of drug-likeness (QED) is 0.861. The zero-order chi connectivity index (χ0) is 11.5. The SMILES string of the molecule is CS(=O)(=O)CC(=O)Nc1cnc(Br)cn1. The van der Waals surface area contributed by atoms with Crippen molar-refractivity contribution in [2.24, 2.45) is 0 Å². The Morgan fingerprint density at radius 2 is 2.13 bits per heavy atom. The highest BCUT2D eigenvalue weighted by molar-refractivity contribution is 9.10. The van der Waals surface area contributed by atoms with Crippen LogP contribution in [0.1, 0.15) is 0 Å². The molecule has 0 spiro atoms. The molecule has 1 amide bonds. The molecule has 0 saturated carbocycles. The molecule has 0 fully saturated rings. The van der Waals surface area contributed by atoms with Crippen molar-refractivity contribution in [3.63, 3.8) is 0 Å². The molecule has 0 saturated heterocycles. The summed E-state index contributed by atoms with van der Waals surface area (Å²) in [5, 5.41) is 2.31. The molecular weight excluding hydrogens is 286 g/mol. The molecule has 15 heavy (non-hydrogen) atoms. The molecule has 1 heterocycles. The second kappa shape index (κ2) is 4.67. The number of anilines is 1. The van der Waals surface area contributed by atoms with Gasteiger partial charge in [0.1, 0.15) is 10.4 Å². The molecule has 1 rings (SSSR count). The van der Waals surface area contributed by atoms with E-state index in [4.69, 9.17) is 0 Å². The second-order valence-corrected chi connectivity index (χ2v) is 5.80. The van der Waals surface area contributed by atoms with Gasteiger partial charge in [-0.3, -0.25) is 4.79 Å². The van der Waals surface area contributed by atoms with Crippen LogP contribution in [-0.2, 0) is 14.6 Å². The average Bonchev–Trinajstić information content (AvgIpc) is 2.05. The lowest BCUT2D eigenvalue weighted by atomic mass is 10.6. The fourth-order valence-electron chi connectivity index (χ4n) is 0.794. The number of sulfone groups is 1. The van der Waals surface area contributed by atoms with Crippen LogP contribution < -0.4 is 5.32 Å². The van der Waals surface area contributed by atoms with Crippen LogP contribution in [-0.4, -0.2) is 36.3 Å². The standard InChI is InChI=1S/C7H8BrN3O3S/c1-15(13,14)4-7(12)11-6-3-9-5(8)2-10-6/h2-3H,4H2,1H3,(H,10,11,12). The van der Waals surface area contributed by atoms with Crippen molar-refractivity contribution in [2.75, 3.05) is 17.3 Å². The highest BCUT2D eigenvalue weighted by Gasteiger charge is 2.11.